The molecule has 0 saturated heterocycles. The number of hydrogen-bond donors (Lipinski definition) is 1. The average Bonchev–Trinajstić information content (AvgIpc) is 2.98. The quantitative estimate of drug-likeness (QED) is 0.941. The fourth-order valence-electron chi connectivity index (χ4n) is 2.89. The first kappa shape index (κ1) is 15.6. The van der Waals surface area contributed by atoms with Gasteiger partial charge in [-0.1, -0.05) is 12.1 Å². The number of thiophene rings is 1. The molecule has 1 aromatic carbocycles. The van der Waals surface area contributed by atoms with Crippen LogP contribution in [0.4, 0.5) is 5.69 Å². The molecule has 2 amide bonds. The number of carbonyl (C=O) groups excluding carboxylic acids is 2. The smallest absolute Gasteiger partial charge is 0.257 e. The van der Waals surface area contributed by atoms with Crippen LogP contribution in [-0.4, -0.2) is 37.4 Å². The molecule has 5 nitrogen and oxygen atoms in total. The zero-order chi connectivity index (χ0) is 16.6. The number of para-hydroxylation sites is 1. The molecule has 23 heavy (non-hydrogen) atoms. The molecule has 120 valence electrons. The number of benzene rings is 1. The van der Waals surface area contributed by atoms with Crippen LogP contribution in [0.15, 0.2) is 36.4 Å². The van der Waals surface area contributed by atoms with Crippen LogP contribution in [0.2, 0.25) is 0 Å². The lowest BCUT2D eigenvalue weighted by Crippen LogP contribution is -2.50. The van der Waals surface area contributed by atoms with Crippen molar-refractivity contribution in [1.82, 2.24) is 10.2 Å². The van der Waals surface area contributed by atoms with Gasteiger partial charge in [0.05, 0.1) is 17.8 Å². The first-order chi connectivity index (χ1) is 11.0. The minimum Gasteiger partial charge on any atom is -0.358 e. The molecular formula is C17H19N3O2S. The zero-order valence-corrected chi connectivity index (χ0v) is 14.2. The number of fused-ring (bicyclic) bond motifs is 1. The number of aryl methyl sites for hydroxylation is 1. The topological polar surface area (TPSA) is 52.7 Å². The zero-order valence-electron chi connectivity index (χ0n) is 13.4. The van der Waals surface area contributed by atoms with E-state index in [1.54, 1.807) is 36.4 Å². The summed E-state index contributed by atoms with van der Waals surface area (Å²) in [6, 6.07) is 11.5. The highest BCUT2D eigenvalue weighted by Gasteiger charge is 2.37. The Morgan fingerprint density at radius 1 is 1.26 bits per heavy atom. The number of nitrogens with zero attached hydrogens (tertiary/aromatic N) is 2. The van der Waals surface area contributed by atoms with E-state index in [0.29, 0.717) is 5.56 Å². The number of amides is 2. The maximum atomic E-state index is 12.7. The highest BCUT2D eigenvalue weighted by Crippen LogP contribution is 2.39. The van der Waals surface area contributed by atoms with Crippen LogP contribution in [-0.2, 0) is 4.79 Å². The molecule has 1 aliphatic heterocycles. The second-order valence-corrected chi connectivity index (χ2v) is 6.88. The molecule has 3 rings (SSSR count). The molecule has 2 heterocycles. The van der Waals surface area contributed by atoms with Crippen molar-refractivity contribution in [2.24, 2.45) is 0 Å². The molecule has 1 aliphatic rings. The summed E-state index contributed by atoms with van der Waals surface area (Å²) < 4.78 is 0. The Hall–Kier alpha value is -2.34. The van der Waals surface area contributed by atoms with Gasteiger partial charge in [0, 0.05) is 23.8 Å². The predicted octanol–water partition coefficient (Wildman–Crippen LogP) is 2.39. The van der Waals surface area contributed by atoms with E-state index in [4.69, 9.17) is 0 Å². The molecule has 0 radical (unpaired) electrons. The monoisotopic (exact) mass is 329 g/mol. The molecule has 0 bridgehead atoms. The minimum atomic E-state index is -0.270. The van der Waals surface area contributed by atoms with E-state index in [1.807, 2.05) is 42.2 Å². The van der Waals surface area contributed by atoms with Gasteiger partial charge in [0.1, 0.15) is 6.17 Å². The number of anilines is 1. The lowest BCUT2D eigenvalue weighted by molar-refractivity contribution is -0.119. The number of carbonyl (C=O) groups is 2. The van der Waals surface area contributed by atoms with Crippen LogP contribution in [0.3, 0.4) is 0 Å². The van der Waals surface area contributed by atoms with Crippen molar-refractivity contribution in [1.29, 1.82) is 0 Å². The summed E-state index contributed by atoms with van der Waals surface area (Å²) in [5.74, 6) is -0.106. The fourth-order valence-corrected chi connectivity index (χ4v) is 3.92. The van der Waals surface area contributed by atoms with Crippen LogP contribution in [0, 0.1) is 6.92 Å². The molecule has 6 heteroatoms. The molecule has 0 spiro atoms. The first-order valence-electron chi connectivity index (χ1n) is 7.42. The van der Waals surface area contributed by atoms with Gasteiger partial charge in [-0.05, 0) is 31.2 Å². The third-order valence-corrected chi connectivity index (χ3v) is 5.08. The molecule has 2 aromatic rings. The number of nitrogens with one attached hydrogen (secondary N) is 1. The van der Waals surface area contributed by atoms with Gasteiger partial charge in [0.2, 0.25) is 5.91 Å². The Balaban J connectivity index is 2.12. The summed E-state index contributed by atoms with van der Waals surface area (Å²) in [7, 11) is 3.41. The van der Waals surface area contributed by atoms with Crippen molar-refractivity contribution in [3.8, 4) is 0 Å². The second-order valence-electron chi connectivity index (χ2n) is 5.56. The Kier molecular flexibility index (Phi) is 4.09. The van der Waals surface area contributed by atoms with Crippen molar-refractivity contribution in [2.75, 3.05) is 25.5 Å². The average molecular weight is 329 g/mol. The molecule has 1 N–H and O–H groups in total. The lowest BCUT2D eigenvalue weighted by Gasteiger charge is -2.43. The third-order valence-electron chi connectivity index (χ3n) is 4.03. The lowest BCUT2D eigenvalue weighted by atomic mass is 10.0. The molecule has 1 unspecified atom stereocenters. The normalized spacial score (nSPS) is 17.2. The van der Waals surface area contributed by atoms with Crippen LogP contribution < -0.4 is 10.2 Å². The first-order valence-corrected chi connectivity index (χ1v) is 8.24. The summed E-state index contributed by atoms with van der Waals surface area (Å²) >= 11 is 1.65. The van der Waals surface area contributed by atoms with E-state index in [0.717, 1.165) is 10.6 Å². The summed E-state index contributed by atoms with van der Waals surface area (Å²) in [6.07, 6.45) is -0.270. The number of hydrogen-bond acceptors (Lipinski definition) is 4. The van der Waals surface area contributed by atoms with E-state index in [-0.39, 0.29) is 24.5 Å². The maximum Gasteiger partial charge on any atom is 0.257 e. The van der Waals surface area contributed by atoms with Crippen LogP contribution in [0.5, 0.6) is 0 Å². The summed E-state index contributed by atoms with van der Waals surface area (Å²) in [6.45, 7) is 2.24. The van der Waals surface area contributed by atoms with Crippen molar-refractivity contribution in [3.05, 3.63) is 51.7 Å². The van der Waals surface area contributed by atoms with Gasteiger partial charge in [-0.2, -0.15) is 0 Å². The van der Waals surface area contributed by atoms with Crippen molar-refractivity contribution < 1.29 is 9.59 Å². The molecule has 1 atom stereocenters. The molecule has 0 fully saturated rings. The Morgan fingerprint density at radius 3 is 2.65 bits per heavy atom. The van der Waals surface area contributed by atoms with Crippen LogP contribution in [0.25, 0.3) is 0 Å². The summed E-state index contributed by atoms with van der Waals surface area (Å²) in [5, 5.41) is 2.67. The van der Waals surface area contributed by atoms with Crippen LogP contribution in [0.1, 0.15) is 26.3 Å². The van der Waals surface area contributed by atoms with Crippen molar-refractivity contribution >= 4 is 28.8 Å². The molecule has 1 aromatic heterocycles. The maximum absolute atomic E-state index is 12.7. The van der Waals surface area contributed by atoms with E-state index in [1.165, 1.54) is 4.88 Å². The van der Waals surface area contributed by atoms with Gasteiger partial charge in [0.15, 0.2) is 0 Å². The molecule has 0 saturated carbocycles. The largest absolute Gasteiger partial charge is 0.358 e. The van der Waals surface area contributed by atoms with Crippen LogP contribution >= 0.6 is 11.3 Å². The van der Waals surface area contributed by atoms with Gasteiger partial charge in [0.25, 0.3) is 5.91 Å². The highest BCUT2D eigenvalue weighted by molar-refractivity contribution is 7.12. The highest BCUT2D eigenvalue weighted by atomic mass is 32.1. The van der Waals surface area contributed by atoms with Crippen molar-refractivity contribution in [2.45, 2.75) is 13.1 Å². The SMILES string of the molecule is CNC(=O)CN1c2ccccc2C(=O)N(C)C1c1ccc(C)s1. The van der Waals surface area contributed by atoms with Gasteiger partial charge in [-0.15, -0.1) is 11.3 Å². The van der Waals surface area contributed by atoms with E-state index in [2.05, 4.69) is 5.32 Å². The fraction of sp³-hybridized carbons (Fsp3) is 0.294. The molecular weight excluding hydrogens is 310 g/mol. The Morgan fingerprint density at radius 2 is 2.00 bits per heavy atom. The van der Waals surface area contributed by atoms with Crippen molar-refractivity contribution in [3.63, 3.8) is 0 Å². The Bertz CT molecular complexity index is 756. The summed E-state index contributed by atoms with van der Waals surface area (Å²) in [5.41, 5.74) is 1.43. The van der Waals surface area contributed by atoms with Gasteiger partial charge < -0.3 is 15.1 Å². The second kappa shape index (κ2) is 6.04. The number of rotatable bonds is 3. The minimum absolute atomic E-state index is 0.0233. The van der Waals surface area contributed by atoms with Gasteiger partial charge >= 0.3 is 0 Å². The standard InChI is InChI=1S/C17H19N3O2S/c1-11-8-9-14(23-11)16-19(3)17(22)12-6-4-5-7-13(12)20(16)10-15(21)18-2/h4-9,16H,10H2,1-3H3,(H,18,21). The van der Waals surface area contributed by atoms with Gasteiger partial charge in [-0.25, -0.2) is 0 Å². The predicted molar refractivity (Wildman–Crippen MR) is 91.7 cm³/mol. The third kappa shape index (κ3) is 2.70. The Labute approximate surface area is 139 Å². The van der Waals surface area contributed by atoms with E-state index < -0.39 is 0 Å². The van der Waals surface area contributed by atoms with Gasteiger partial charge in [-0.3, -0.25) is 9.59 Å². The van der Waals surface area contributed by atoms with E-state index in [9.17, 15) is 9.59 Å². The summed E-state index contributed by atoms with van der Waals surface area (Å²) in [4.78, 5) is 30.6. The van der Waals surface area contributed by atoms with E-state index >= 15 is 0 Å². The number of likely N-dealkylation sites (N-methyl/N-ethyl adjacent to an activating group) is 1. The molecule has 0 aliphatic carbocycles.